The minimum Gasteiger partial charge on any atom is -0.365 e. The summed E-state index contributed by atoms with van der Waals surface area (Å²) >= 11 is 0. The molecule has 0 aliphatic carbocycles. The number of aromatic nitrogens is 4. The van der Waals surface area contributed by atoms with E-state index in [0.29, 0.717) is 17.6 Å². The van der Waals surface area contributed by atoms with E-state index in [1.54, 1.807) is 0 Å². The molecule has 0 unspecified atom stereocenters. The lowest BCUT2D eigenvalue weighted by Crippen LogP contribution is -2.26. The van der Waals surface area contributed by atoms with E-state index in [1.165, 1.54) is 0 Å². The van der Waals surface area contributed by atoms with Gasteiger partial charge in [-0.1, -0.05) is 36.4 Å². The molecule has 0 amide bonds. The number of benzene rings is 1. The number of pyridine rings is 1. The smallest absolute Gasteiger partial charge is 0.340 e. The predicted molar refractivity (Wildman–Crippen MR) is 103 cm³/mol. The van der Waals surface area contributed by atoms with Crippen molar-refractivity contribution in [2.45, 2.75) is 19.4 Å². The molecule has 1 saturated heterocycles. The first-order chi connectivity index (χ1) is 12.7. The van der Waals surface area contributed by atoms with Crippen molar-refractivity contribution in [2.24, 2.45) is 0 Å². The molecule has 2 aromatic heterocycles. The van der Waals surface area contributed by atoms with Crippen molar-refractivity contribution in [2.75, 3.05) is 25.0 Å². The molecule has 1 fully saturated rings. The number of nitrogens with zero attached hydrogens (tertiary/aromatic N) is 3. The molecule has 3 aromatic rings. The van der Waals surface area contributed by atoms with Crippen LogP contribution in [0.25, 0.3) is 22.3 Å². The van der Waals surface area contributed by atoms with Gasteiger partial charge >= 0.3 is 5.69 Å². The molecule has 1 aliphatic heterocycles. The Morgan fingerprint density at radius 3 is 3.08 bits per heavy atom. The second-order valence-corrected chi connectivity index (χ2v) is 6.56. The van der Waals surface area contributed by atoms with Crippen LogP contribution in [-0.2, 0) is 0 Å². The van der Waals surface area contributed by atoms with Crippen molar-refractivity contribution in [3.05, 3.63) is 53.0 Å². The van der Waals surface area contributed by atoms with Crippen molar-refractivity contribution >= 4 is 16.6 Å². The average Bonchev–Trinajstić information content (AvgIpc) is 3.29. The summed E-state index contributed by atoms with van der Waals surface area (Å²) in [5, 5.41) is 12.1. The zero-order valence-electron chi connectivity index (χ0n) is 14.7. The Labute approximate surface area is 151 Å². The van der Waals surface area contributed by atoms with Crippen molar-refractivity contribution in [1.29, 1.82) is 0 Å². The minimum absolute atomic E-state index is 0.333. The quantitative estimate of drug-likeness (QED) is 0.615. The molecule has 1 aliphatic rings. The van der Waals surface area contributed by atoms with E-state index in [1.807, 2.05) is 31.2 Å². The summed E-state index contributed by atoms with van der Waals surface area (Å²) in [5.41, 5.74) is 0.313. The molecule has 134 valence electrons. The van der Waals surface area contributed by atoms with Crippen LogP contribution < -0.4 is 11.0 Å². The van der Waals surface area contributed by atoms with Crippen LogP contribution in [-0.4, -0.2) is 50.7 Å². The number of H-pyrrole nitrogens is 2. The van der Waals surface area contributed by atoms with Gasteiger partial charge in [-0.3, -0.25) is 9.88 Å². The SMILES string of the molecule is C/C=C/CN1CC[C@H](Nc2nc(-c3n[nH]c(=O)[nH]3)cc3ccccc23)C1. The second kappa shape index (κ2) is 7.13. The Morgan fingerprint density at radius 1 is 1.38 bits per heavy atom. The zero-order valence-corrected chi connectivity index (χ0v) is 14.7. The van der Waals surface area contributed by atoms with Crippen molar-refractivity contribution in [1.82, 2.24) is 25.1 Å². The summed E-state index contributed by atoms with van der Waals surface area (Å²) in [6, 6.07) is 10.4. The molecular weight excluding hydrogens is 328 g/mol. The molecular formula is C19H22N6O. The van der Waals surface area contributed by atoms with Crippen LogP contribution in [0.3, 0.4) is 0 Å². The Kier molecular flexibility index (Phi) is 4.53. The second-order valence-electron chi connectivity index (χ2n) is 6.56. The summed E-state index contributed by atoms with van der Waals surface area (Å²) in [6.07, 6.45) is 5.35. The number of likely N-dealkylation sites (tertiary alicyclic amines) is 1. The Bertz CT molecular complexity index is 989. The standard InChI is InChI=1S/C19H22N6O/c1-2-3-9-25-10-8-14(12-25)20-17-15-7-5-4-6-13(15)11-16(21-17)18-22-19(26)24-23-18/h2-7,11,14H,8-10,12H2,1H3,(H,20,21)(H2,22,23,24,26)/b3-2+/t14-/m0/s1. The maximum absolute atomic E-state index is 11.4. The monoisotopic (exact) mass is 350 g/mol. The van der Waals surface area contributed by atoms with Gasteiger partial charge in [-0.25, -0.2) is 14.9 Å². The first-order valence-electron chi connectivity index (χ1n) is 8.88. The normalized spacial score (nSPS) is 18.1. The van der Waals surface area contributed by atoms with Crippen LogP contribution in [0.2, 0.25) is 0 Å². The van der Waals surface area contributed by atoms with Gasteiger partial charge < -0.3 is 5.32 Å². The highest BCUT2D eigenvalue weighted by atomic mass is 16.1. The van der Waals surface area contributed by atoms with Gasteiger partial charge in [0.05, 0.1) is 0 Å². The van der Waals surface area contributed by atoms with Crippen LogP contribution in [0.4, 0.5) is 5.82 Å². The van der Waals surface area contributed by atoms with Crippen LogP contribution in [0.5, 0.6) is 0 Å². The highest BCUT2D eigenvalue weighted by molar-refractivity contribution is 5.94. The number of hydrogen-bond donors (Lipinski definition) is 3. The number of rotatable bonds is 5. The fourth-order valence-electron chi connectivity index (χ4n) is 3.39. The van der Waals surface area contributed by atoms with E-state index in [4.69, 9.17) is 4.98 Å². The molecule has 0 bridgehead atoms. The molecule has 7 heteroatoms. The Morgan fingerprint density at radius 2 is 2.27 bits per heavy atom. The van der Waals surface area contributed by atoms with Gasteiger partial charge in [0.1, 0.15) is 11.5 Å². The summed E-state index contributed by atoms with van der Waals surface area (Å²) in [5.74, 6) is 1.28. The largest absolute Gasteiger partial charge is 0.365 e. The fourth-order valence-corrected chi connectivity index (χ4v) is 3.39. The maximum Gasteiger partial charge on any atom is 0.340 e. The number of anilines is 1. The third kappa shape index (κ3) is 3.39. The fraction of sp³-hybridized carbons (Fsp3) is 0.316. The Balaban J connectivity index is 1.64. The zero-order chi connectivity index (χ0) is 17.9. The van der Waals surface area contributed by atoms with E-state index in [0.717, 1.165) is 42.6 Å². The summed E-state index contributed by atoms with van der Waals surface area (Å²) in [7, 11) is 0. The number of fused-ring (bicyclic) bond motifs is 1. The van der Waals surface area contributed by atoms with Gasteiger partial charge in [0, 0.05) is 31.1 Å². The minimum atomic E-state index is -0.333. The van der Waals surface area contributed by atoms with Gasteiger partial charge in [0.15, 0.2) is 5.82 Å². The van der Waals surface area contributed by atoms with Gasteiger partial charge in [-0.2, -0.15) is 5.10 Å². The van der Waals surface area contributed by atoms with Crippen molar-refractivity contribution < 1.29 is 0 Å². The molecule has 3 N–H and O–H groups in total. The van der Waals surface area contributed by atoms with Crippen molar-refractivity contribution in [3.8, 4) is 11.5 Å². The number of hydrogen-bond acceptors (Lipinski definition) is 5. The molecule has 0 radical (unpaired) electrons. The average molecular weight is 350 g/mol. The lowest BCUT2D eigenvalue weighted by molar-refractivity contribution is 0.374. The van der Waals surface area contributed by atoms with Gasteiger partial charge in [0.2, 0.25) is 0 Å². The number of nitrogens with one attached hydrogen (secondary N) is 3. The summed E-state index contributed by atoms with van der Waals surface area (Å²) in [6.45, 7) is 5.10. The predicted octanol–water partition coefficient (Wildman–Crippen LogP) is 2.38. The summed E-state index contributed by atoms with van der Waals surface area (Å²) < 4.78 is 0. The van der Waals surface area contributed by atoms with E-state index >= 15 is 0 Å². The van der Waals surface area contributed by atoms with Crippen LogP contribution >= 0.6 is 0 Å². The molecule has 4 rings (SSSR count). The van der Waals surface area contributed by atoms with E-state index in [2.05, 4.69) is 43.6 Å². The third-order valence-electron chi connectivity index (χ3n) is 4.70. The lowest BCUT2D eigenvalue weighted by Gasteiger charge is -2.17. The number of allylic oxidation sites excluding steroid dienone is 1. The summed E-state index contributed by atoms with van der Waals surface area (Å²) in [4.78, 5) is 21.2. The van der Waals surface area contributed by atoms with Crippen LogP contribution in [0, 0.1) is 0 Å². The third-order valence-corrected chi connectivity index (χ3v) is 4.70. The van der Waals surface area contributed by atoms with Gasteiger partial charge in [-0.05, 0) is 24.8 Å². The van der Waals surface area contributed by atoms with Crippen LogP contribution in [0.1, 0.15) is 13.3 Å². The van der Waals surface area contributed by atoms with E-state index in [-0.39, 0.29) is 5.69 Å². The van der Waals surface area contributed by atoms with E-state index < -0.39 is 0 Å². The first-order valence-corrected chi connectivity index (χ1v) is 8.88. The molecule has 0 spiro atoms. The Hall–Kier alpha value is -2.93. The molecule has 0 saturated carbocycles. The molecule has 26 heavy (non-hydrogen) atoms. The van der Waals surface area contributed by atoms with Gasteiger partial charge in [0.25, 0.3) is 0 Å². The highest BCUT2D eigenvalue weighted by Crippen LogP contribution is 2.27. The lowest BCUT2D eigenvalue weighted by atomic mass is 10.1. The molecule has 1 aromatic carbocycles. The maximum atomic E-state index is 11.4. The van der Waals surface area contributed by atoms with Crippen molar-refractivity contribution in [3.63, 3.8) is 0 Å². The number of aromatic amines is 2. The topological polar surface area (TPSA) is 89.7 Å². The molecule has 3 heterocycles. The van der Waals surface area contributed by atoms with E-state index in [9.17, 15) is 4.79 Å². The van der Waals surface area contributed by atoms with Gasteiger partial charge in [-0.15, -0.1) is 0 Å². The molecule has 7 nitrogen and oxygen atoms in total. The highest BCUT2D eigenvalue weighted by Gasteiger charge is 2.22. The molecule has 1 atom stereocenters. The first kappa shape index (κ1) is 16.5. The van der Waals surface area contributed by atoms with Crippen LogP contribution in [0.15, 0.2) is 47.3 Å².